The molecule has 0 atom stereocenters. The molecule has 108 valence electrons. The Kier molecular flexibility index (Phi) is 2.87. The van der Waals surface area contributed by atoms with E-state index in [9.17, 15) is 4.79 Å². The van der Waals surface area contributed by atoms with Gasteiger partial charge in [-0.2, -0.15) is 0 Å². The van der Waals surface area contributed by atoms with Crippen LogP contribution in [0.15, 0.2) is 40.3 Å². The summed E-state index contributed by atoms with van der Waals surface area (Å²) in [5.41, 5.74) is 2.06. The third kappa shape index (κ3) is 2.03. The highest BCUT2D eigenvalue weighted by atomic mass is 32.1. The maximum absolute atomic E-state index is 12.6. The first-order chi connectivity index (χ1) is 10.7. The number of ketones is 1. The molecule has 0 amide bonds. The standard InChI is InChI=1S/C15H10N4O2S/c1-8-18-19-14(21-8)12-7-22-15(17-12)13(20)10-6-16-11-5-3-2-4-9(10)11/h2-7,16H,1H3. The van der Waals surface area contributed by atoms with E-state index in [0.717, 1.165) is 10.9 Å². The Labute approximate surface area is 128 Å². The zero-order valence-electron chi connectivity index (χ0n) is 11.5. The van der Waals surface area contributed by atoms with E-state index in [-0.39, 0.29) is 5.78 Å². The van der Waals surface area contributed by atoms with Crippen molar-refractivity contribution in [3.8, 4) is 11.6 Å². The molecule has 1 N–H and O–H groups in total. The van der Waals surface area contributed by atoms with Crippen molar-refractivity contribution in [2.75, 3.05) is 0 Å². The fraction of sp³-hybridized carbons (Fsp3) is 0.0667. The smallest absolute Gasteiger partial charge is 0.267 e. The molecule has 0 radical (unpaired) electrons. The number of fused-ring (bicyclic) bond motifs is 1. The third-order valence-electron chi connectivity index (χ3n) is 3.28. The number of rotatable bonds is 3. The van der Waals surface area contributed by atoms with Gasteiger partial charge >= 0.3 is 0 Å². The molecule has 0 saturated carbocycles. The minimum Gasteiger partial charge on any atom is -0.420 e. The van der Waals surface area contributed by atoms with E-state index >= 15 is 0 Å². The van der Waals surface area contributed by atoms with Gasteiger partial charge in [-0.15, -0.1) is 21.5 Å². The Morgan fingerprint density at radius 1 is 1.27 bits per heavy atom. The van der Waals surface area contributed by atoms with E-state index < -0.39 is 0 Å². The lowest BCUT2D eigenvalue weighted by atomic mass is 10.1. The fourth-order valence-corrected chi connectivity index (χ4v) is 3.00. The second kappa shape index (κ2) is 4.88. The van der Waals surface area contributed by atoms with Gasteiger partial charge < -0.3 is 9.40 Å². The summed E-state index contributed by atoms with van der Waals surface area (Å²) < 4.78 is 5.33. The quantitative estimate of drug-likeness (QED) is 0.587. The van der Waals surface area contributed by atoms with Crippen molar-refractivity contribution in [3.63, 3.8) is 0 Å². The molecule has 3 heterocycles. The average Bonchev–Trinajstić information content (AvgIpc) is 3.25. The topological polar surface area (TPSA) is 84.7 Å². The molecule has 4 aromatic rings. The first-order valence-corrected chi connectivity index (χ1v) is 7.47. The largest absolute Gasteiger partial charge is 0.420 e. The molecule has 4 rings (SSSR count). The van der Waals surface area contributed by atoms with Crippen LogP contribution in [0.4, 0.5) is 0 Å². The Bertz CT molecular complexity index is 982. The molecular weight excluding hydrogens is 300 g/mol. The van der Waals surface area contributed by atoms with Crippen LogP contribution < -0.4 is 0 Å². The number of aromatic nitrogens is 4. The van der Waals surface area contributed by atoms with Crippen molar-refractivity contribution in [3.05, 3.63) is 52.3 Å². The lowest BCUT2D eigenvalue weighted by Gasteiger charge is -1.94. The number of nitrogens with zero attached hydrogens (tertiary/aromatic N) is 3. The molecule has 0 aliphatic heterocycles. The van der Waals surface area contributed by atoms with Crippen LogP contribution >= 0.6 is 11.3 Å². The number of hydrogen-bond acceptors (Lipinski definition) is 6. The number of thiazole rings is 1. The van der Waals surface area contributed by atoms with Crippen molar-refractivity contribution in [2.24, 2.45) is 0 Å². The number of carbonyl (C=O) groups excluding carboxylic acids is 1. The van der Waals surface area contributed by atoms with Crippen LogP contribution in [-0.4, -0.2) is 25.9 Å². The van der Waals surface area contributed by atoms with Crippen LogP contribution in [0.25, 0.3) is 22.5 Å². The van der Waals surface area contributed by atoms with Gasteiger partial charge in [0.15, 0.2) is 5.01 Å². The number of H-pyrrole nitrogens is 1. The van der Waals surface area contributed by atoms with Gasteiger partial charge in [0, 0.05) is 29.4 Å². The number of hydrogen-bond donors (Lipinski definition) is 1. The number of para-hydroxylation sites is 1. The summed E-state index contributed by atoms with van der Waals surface area (Å²) in [6, 6.07) is 7.67. The van der Waals surface area contributed by atoms with E-state index in [4.69, 9.17) is 4.42 Å². The van der Waals surface area contributed by atoms with E-state index in [1.165, 1.54) is 11.3 Å². The molecule has 0 saturated heterocycles. The van der Waals surface area contributed by atoms with Gasteiger partial charge in [-0.05, 0) is 6.07 Å². The molecular formula is C15H10N4O2S. The van der Waals surface area contributed by atoms with E-state index in [2.05, 4.69) is 20.2 Å². The van der Waals surface area contributed by atoms with Crippen LogP contribution in [0.1, 0.15) is 21.3 Å². The lowest BCUT2D eigenvalue weighted by molar-refractivity contribution is 0.104. The molecule has 7 heteroatoms. The molecule has 0 aliphatic carbocycles. The van der Waals surface area contributed by atoms with Gasteiger partial charge in [0.05, 0.1) is 5.56 Å². The third-order valence-corrected chi connectivity index (χ3v) is 4.12. The van der Waals surface area contributed by atoms with Crippen LogP contribution in [-0.2, 0) is 0 Å². The summed E-state index contributed by atoms with van der Waals surface area (Å²) in [6.07, 6.45) is 1.71. The van der Waals surface area contributed by atoms with Gasteiger partial charge in [-0.25, -0.2) is 4.98 Å². The molecule has 6 nitrogen and oxygen atoms in total. The molecule has 0 fully saturated rings. The Balaban J connectivity index is 1.73. The monoisotopic (exact) mass is 310 g/mol. The summed E-state index contributed by atoms with van der Waals surface area (Å²) >= 11 is 1.27. The van der Waals surface area contributed by atoms with Gasteiger partial charge in [0.1, 0.15) is 5.69 Å². The fourth-order valence-electron chi connectivity index (χ4n) is 2.25. The molecule has 3 aromatic heterocycles. The first kappa shape index (κ1) is 12.9. The van der Waals surface area contributed by atoms with Crippen LogP contribution in [0, 0.1) is 6.92 Å². The zero-order chi connectivity index (χ0) is 15.1. The van der Waals surface area contributed by atoms with Crippen LogP contribution in [0.2, 0.25) is 0 Å². The number of nitrogens with one attached hydrogen (secondary N) is 1. The lowest BCUT2D eigenvalue weighted by Crippen LogP contribution is -1.99. The average molecular weight is 310 g/mol. The molecule has 0 unspecified atom stereocenters. The summed E-state index contributed by atoms with van der Waals surface area (Å²) in [7, 11) is 0. The molecule has 1 aromatic carbocycles. The van der Waals surface area contributed by atoms with Gasteiger partial charge in [-0.1, -0.05) is 18.2 Å². The summed E-state index contributed by atoms with van der Waals surface area (Å²) in [4.78, 5) is 20.0. The van der Waals surface area contributed by atoms with Crippen molar-refractivity contribution >= 4 is 28.0 Å². The molecule has 0 spiro atoms. The number of benzene rings is 1. The van der Waals surface area contributed by atoms with E-state index in [1.54, 1.807) is 18.5 Å². The highest BCUT2D eigenvalue weighted by molar-refractivity contribution is 7.12. The number of carbonyl (C=O) groups is 1. The number of aryl methyl sites for hydroxylation is 1. The van der Waals surface area contributed by atoms with E-state index in [0.29, 0.717) is 28.0 Å². The summed E-state index contributed by atoms with van der Waals surface area (Å²) in [5, 5.41) is 10.7. The van der Waals surface area contributed by atoms with Crippen molar-refractivity contribution < 1.29 is 9.21 Å². The molecule has 0 bridgehead atoms. The predicted molar refractivity (Wildman–Crippen MR) is 81.9 cm³/mol. The van der Waals surface area contributed by atoms with Gasteiger partial charge in [-0.3, -0.25) is 4.79 Å². The summed E-state index contributed by atoms with van der Waals surface area (Å²) in [5.74, 6) is 0.671. The van der Waals surface area contributed by atoms with Crippen molar-refractivity contribution in [1.82, 2.24) is 20.2 Å². The SMILES string of the molecule is Cc1nnc(-c2csc(C(=O)c3c[nH]c4ccccc34)n2)o1. The maximum Gasteiger partial charge on any atom is 0.267 e. The highest BCUT2D eigenvalue weighted by Gasteiger charge is 2.19. The molecule has 0 aliphatic rings. The van der Waals surface area contributed by atoms with Gasteiger partial charge in [0.25, 0.3) is 5.89 Å². The second-order valence-electron chi connectivity index (χ2n) is 4.74. The Morgan fingerprint density at radius 2 is 2.14 bits per heavy atom. The van der Waals surface area contributed by atoms with Crippen LogP contribution in [0.5, 0.6) is 0 Å². The zero-order valence-corrected chi connectivity index (χ0v) is 12.3. The minimum absolute atomic E-state index is 0.120. The maximum atomic E-state index is 12.6. The predicted octanol–water partition coefficient (Wildman–Crippen LogP) is 3.21. The Hall–Kier alpha value is -2.80. The second-order valence-corrected chi connectivity index (χ2v) is 5.60. The van der Waals surface area contributed by atoms with Gasteiger partial charge in [0.2, 0.25) is 11.7 Å². The van der Waals surface area contributed by atoms with Crippen molar-refractivity contribution in [2.45, 2.75) is 6.92 Å². The number of aromatic amines is 1. The highest BCUT2D eigenvalue weighted by Crippen LogP contribution is 2.25. The van der Waals surface area contributed by atoms with Crippen molar-refractivity contribution in [1.29, 1.82) is 0 Å². The minimum atomic E-state index is -0.120. The molecule has 22 heavy (non-hydrogen) atoms. The normalized spacial score (nSPS) is 11.1. The first-order valence-electron chi connectivity index (χ1n) is 6.59. The Morgan fingerprint density at radius 3 is 2.95 bits per heavy atom. The van der Waals surface area contributed by atoms with E-state index in [1.807, 2.05) is 24.3 Å². The van der Waals surface area contributed by atoms with Crippen LogP contribution in [0.3, 0.4) is 0 Å². The summed E-state index contributed by atoms with van der Waals surface area (Å²) in [6.45, 7) is 1.71.